The predicted molar refractivity (Wildman–Crippen MR) is 101 cm³/mol. The Kier molecular flexibility index (Phi) is 4.71. The molecular weight excluding hydrogens is 409 g/mol. The van der Waals surface area contributed by atoms with E-state index in [2.05, 4.69) is 0 Å². The van der Waals surface area contributed by atoms with Gasteiger partial charge in [0.15, 0.2) is 0 Å². The Hall–Kier alpha value is -3.09. The maximum absolute atomic E-state index is 14.7. The molecule has 0 nitrogen and oxygen atoms in total. The third-order valence-corrected chi connectivity index (χ3v) is 5.14. The molecule has 0 unspecified atom stereocenters. The average Bonchev–Trinajstić information content (AvgIpc) is 2.67. The van der Waals surface area contributed by atoms with Gasteiger partial charge in [-0.3, -0.25) is 0 Å². The van der Waals surface area contributed by atoms with Gasteiger partial charge in [0.25, 0.3) is 0 Å². The van der Waals surface area contributed by atoms with Crippen molar-refractivity contribution in [2.24, 2.45) is 0 Å². The van der Waals surface area contributed by atoms with Gasteiger partial charge in [0.2, 0.25) is 0 Å². The molecule has 0 bridgehead atoms. The fraction of sp³-hybridized carbons (Fsp3) is 0.130. The van der Waals surface area contributed by atoms with Gasteiger partial charge < -0.3 is 0 Å². The molecule has 0 radical (unpaired) electrons. The predicted octanol–water partition coefficient (Wildman–Crippen LogP) is 7.80. The second kappa shape index (κ2) is 7.00. The maximum atomic E-state index is 14.7. The highest BCUT2D eigenvalue weighted by molar-refractivity contribution is 6.09. The zero-order chi connectivity index (χ0) is 21.8. The van der Waals surface area contributed by atoms with Crippen LogP contribution in [0.15, 0.2) is 48.5 Å². The van der Waals surface area contributed by atoms with Crippen LogP contribution in [0.4, 0.5) is 30.7 Å². The van der Waals surface area contributed by atoms with Crippen LogP contribution in [0.3, 0.4) is 0 Å². The van der Waals surface area contributed by atoms with Crippen LogP contribution >= 0.6 is 0 Å². The van der Waals surface area contributed by atoms with Gasteiger partial charge in [0, 0.05) is 10.8 Å². The Morgan fingerprint density at radius 3 is 1.83 bits per heavy atom. The van der Waals surface area contributed by atoms with Gasteiger partial charge in [-0.1, -0.05) is 31.2 Å². The van der Waals surface area contributed by atoms with Crippen molar-refractivity contribution >= 4 is 21.5 Å². The van der Waals surface area contributed by atoms with E-state index in [-0.39, 0.29) is 21.9 Å². The highest BCUT2D eigenvalue weighted by atomic mass is 19.4. The van der Waals surface area contributed by atoms with Crippen LogP contribution in [-0.4, -0.2) is 0 Å². The van der Waals surface area contributed by atoms with Gasteiger partial charge in [0.1, 0.15) is 28.8 Å². The third kappa shape index (κ3) is 3.18. The summed E-state index contributed by atoms with van der Waals surface area (Å²) < 4.78 is 95.6. The number of rotatable bonds is 2. The summed E-state index contributed by atoms with van der Waals surface area (Å²) in [7, 11) is 0. The second-order valence-electron chi connectivity index (χ2n) is 6.92. The van der Waals surface area contributed by atoms with E-state index in [4.69, 9.17) is 0 Å². The lowest BCUT2D eigenvalue weighted by atomic mass is 9.95. The Bertz CT molecular complexity index is 1280. The van der Waals surface area contributed by atoms with Crippen LogP contribution in [0.2, 0.25) is 0 Å². The molecule has 0 aliphatic heterocycles. The summed E-state index contributed by atoms with van der Waals surface area (Å²) in [6.45, 7) is 1.77. The fourth-order valence-corrected chi connectivity index (χ4v) is 3.66. The topological polar surface area (TPSA) is 0 Å². The van der Waals surface area contributed by atoms with Gasteiger partial charge in [-0.05, 0) is 58.1 Å². The summed E-state index contributed by atoms with van der Waals surface area (Å²) in [6.07, 6.45) is -4.74. The molecule has 0 aliphatic rings. The summed E-state index contributed by atoms with van der Waals surface area (Å²) in [5.41, 5.74) is -1.59. The number of aryl methyl sites for hydroxylation is 1. The van der Waals surface area contributed by atoms with Crippen LogP contribution in [0, 0.1) is 23.3 Å². The minimum absolute atomic E-state index is 0.0596. The SMILES string of the molecule is CCc1ccc2c(cc(F)c3cc(-c4cc(F)c(C(F)(F)F)c(F)c4)ccc32)c1F. The van der Waals surface area contributed by atoms with E-state index in [0.717, 1.165) is 6.07 Å². The molecule has 154 valence electrons. The molecule has 0 heterocycles. The summed E-state index contributed by atoms with van der Waals surface area (Å²) in [4.78, 5) is 0. The monoisotopic (exact) mass is 422 g/mol. The summed E-state index contributed by atoms with van der Waals surface area (Å²) in [5.74, 6) is -4.79. The van der Waals surface area contributed by atoms with Crippen molar-refractivity contribution < 1.29 is 30.7 Å². The lowest BCUT2D eigenvalue weighted by Crippen LogP contribution is -2.11. The van der Waals surface area contributed by atoms with Crippen LogP contribution in [0.1, 0.15) is 18.1 Å². The largest absolute Gasteiger partial charge is 0.422 e. The van der Waals surface area contributed by atoms with E-state index >= 15 is 0 Å². The number of hydrogen-bond acceptors (Lipinski definition) is 0. The third-order valence-electron chi connectivity index (χ3n) is 5.14. The van der Waals surface area contributed by atoms with Gasteiger partial charge in [-0.25, -0.2) is 17.6 Å². The number of benzene rings is 4. The molecule has 0 amide bonds. The quantitative estimate of drug-likeness (QED) is 0.228. The van der Waals surface area contributed by atoms with Crippen molar-refractivity contribution in [1.29, 1.82) is 0 Å². The van der Waals surface area contributed by atoms with Crippen molar-refractivity contribution in [2.45, 2.75) is 19.5 Å². The minimum atomic E-state index is -5.18. The second-order valence-corrected chi connectivity index (χ2v) is 6.92. The molecule has 0 atom stereocenters. The molecule has 0 fully saturated rings. The lowest BCUT2D eigenvalue weighted by Gasteiger charge is -2.13. The first-order valence-electron chi connectivity index (χ1n) is 9.01. The molecule has 0 aromatic heterocycles. The zero-order valence-electron chi connectivity index (χ0n) is 15.5. The van der Waals surface area contributed by atoms with Gasteiger partial charge >= 0.3 is 6.18 Å². The molecule has 4 aromatic carbocycles. The highest BCUT2D eigenvalue weighted by Crippen LogP contribution is 2.38. The van der Waals surface area contributed by atoms with Gasteiger partial charge in [-0.2, -0.15) is 13.2 Å². The van der Waals surface area contributed by atoms with Crippen molar-refractivity contribution in [3.8, 4) is 11.1 Å². The molecule has 0 saturated heterocycles. The smallest absolute Gasteiger partial charge is 0.206 e. The van der Waals surface area contributed by atoms with E-state index in [0.29, 0.717) is 34.9 Å². The normalized spacial score (nSPS) is 12.1. The average molecular weight is 422 g/mol. The number of fused-ring (bicyclic) bond motifs is 3. The van der Waals surface area contributed by atoms with E-state index < -0.39 is 35.0 Å². The number of hydrogen-bond donors (Lipinski definition) is 0. The zero-order valence-corrected chi connectivity index (χ0v) is 15.5. The summed E-state index contributed by atoms with van der Waals surface area (Å²) >= 11 is 0. The van der Waals surface area contributed by atoms with E-state index in [1.54, 1.807) is 19.1 Å². The summed E-state index contributed by atoms with van der Waals surface area (Å²) in [5, 5.41) is 1.00. The number of halogens is 7. The summed E-state index contributed by atoms with van der Waals surface area (Å²) in [6, 6.07) is 9.54. The van der Waals surface area contributed by atoms with Crippen molar-refractivity contribution in [3.05, 3.63) is 82.9 Å². The first kappa shape index (κ1) is 20.2. The molecular formula is C23H13F7. The fourth-order valence-electron chi connectivity index (χ4n) is 3.66. The molecule has 4 rings (SSSR count). The minimum Gasteiger partial charge on any atom is -0.206 e. The Labute approximate surface area is 166 Å². The first-order valence-corrected chi connectivity index (χ1v) is 9.01. The highest BCUT2D eigenvalue weighted by Gasteiger charge is 2.38. The molecule has 30 heavy (non-hydrogen) atoms. The molecule has 0 N–H and O–H groups in total. The molecule has 0 spiro atoms. The van der Waals surface area contributed by atoms with Crippen LogP contribution < -0.4 is 0 Å². The maximum Gasteiger partial charge on any atom is 0.422 e. The van der Waals surface area contributed by atoms with Crippen molar-refractivity contribution in [3.63, 3.8) is 0 Å². The lowest BCUT2D eigenvalue weighted by molar-refractivity contribution is -0.142. The Morgan fingerprint density at radius 1 is 0.633 bits per heavy atom. The molecule has 4 aromatic rings. The van der Waals surface area contributed by atoms with Crippen LogP contribution in [0.5, 0.6) is 0 Å². The van der Waals surface area contributed by atoms with E-state index in [9.17, 15) is 30.7 Å². The molecule has 0 saturated carbocycles. The van der Waals surface area contributed by atoms with E-state index in [1.165, 1.54) is 18.2 Å². The van der Waals surface area contributed by atoms with Crippen molar-refractivity contribution in [1.82, 2.24) is 0 Å². The standard InChI is InChI=1S/C23H13F7/c1-2-11-3-5-15-14-6-4-12(7-16(14)18(24)10-17(15)22(11)27)13-8-19(25)21(20(26)9-13)23(28,29)30/h3-10H,2H2,1H3. The molecule has 7 heteroatoms. The Morgan fingerprint density at radius 2 is 1.23 bits per heavy atom. The van der Waals surface area contributed by atoms with Crippen LogP contribution in [0.25, 0.3) is 32.7 Å². The van der Waals surface area contributed by atoms with Crippen LogP contribution in [-0.2, 0) is 12.6 Å². The van der Waals surface area contributed by atoms with Crippen molar-refractivity contribution in [2.75, 3.05) is 0 Å². The number of alkyl halides is 3. The van der Waals surface area contributed by atoms with E-state index in [1.807, 2.05) is 0 Å². The molecule has 0 aliphatic carbocycles. The Balaban J connectivity index is 1.93. The van der Waals surface area contributed by atoms with Gasteiger partial charge in [-0.15, -0.1) is 0 Å². The first-order chi connectivity index (χ1) is 14.1. The van der Waals surface area contributed by atoms with Gasteiger partial charge in [0.05, 0.1) is 0 Å².